The fourth-order valence-electron chi connectivity index (χ4n) is 3.98. The molecule has 0 saturated carbocycles. The Morgan fingerprint density at radius 3 is 2.93 bits per heavy atom. The van der Waals surface area contributed by atoms with Crippen LogP contribution in [0.4, 0.5) is 5.69 Å². The van der Waals surface area contributed by atoms with Gasteiger partial charge in [0.05, 0.1) is 23.6 Å². The van der Waals surface area contributed by atoms with Crippen LogP contribution >= 0.6 is 0 Å². The molecule has 1 amide bonds. The maximum Gasteiger partial charge on any atom is 0.257 e. The van der Waals surface area contributed by atoms with Gasteiger partial charge in [0, 0.05) is 42.4 Å². The Morgan fingerprint density at radius 2 is 2.11 bits per heavy atom. The fourth-order valence-corrected chi connectivity index (χ4v) is 3.98. The maximum atomic E-state index is 13.3. The van der Waals surface area contributed by atoms with Crippen molar-refractivity contribution < 1.29 is 9.53 Å². The minimum absolute atomic E-state index is 0.00758. The van der Waals surface area contributed by atoms with Gasteiger partial charge in [0.25, 0.3) is 5.91 Å². The van der Waals surface area contributed by atoms with Crippen molar-refractivity contribution in [3.63, 3.8) is 0 Å². The van der Waals surface area contributed by atoms with Gasteiger partial charge in [-0.05, 0) is 37.1 Å². The molecule has 2 atom stereocenters. The number of amides is 1. The summed E-state index contributed by atoms with van der Waals surface area (Å²) < 4.78 is 5.82. The van der Waals surface area contributed by atoms with Crippen LogP contribution in [-0.2, 0) is 4.74 Å². The van der Waals surface area contributed by atoms with E-state index in [2.05, 4.69) is 20.5 Å². The van der Waals surface area contributed by atoms with Crippen molar-refractivity contribution in [1.29, 1.82) is 0 Å². The second-order valence-electron chi connectivity index (χ2n) is 7.13. The summed E-state index contributed by atoms with van der Waals surface area (Å²) in [7, 11) is 0. The molecular weight excluding hydrogens is 354 g/mol. The number of hydrogen-bond acceptors (Lipinski definition) is 5. The third-order valence-electron chi connectivity index (χ3n) is 5.36. The second-order valence-corrected chi connectivity index (χ2v) is 7.13. The number of carbonyl (C=O) groups excluding carboxylic acids is 1. The second kappa shape index (κ2) is 7.09. The van der Waals surface area contributed by atoms with Crippen LogP contribution in [0.1, 0.15) is 34.9 Å². The van der Waals surface area contributed by atoms with Crippen LogP contribution in [0.15, 0.2) is 55.0 Å². The number of carbonyl (C=O) groups is 1. The van der Waals surface area contributed by atoms with Gasteiger partial charge in [0.15, 0.2) is 0 Å². The minimum atomic E-state index is -0.333. The molecule has 0 bridgehead atoms. The maximum absolute atomic E-state index is 13.3. The van der Waals surface area contributed by atoms with Gasteiger partial charge in [-0.25, -0.2) is 0 Å². The standard InChI is InChI=1S/C21H21N5O2/c27-21-16-7-1-2-8-18(16)24-20(26(21)13-15-6-4-10-28-15)17-12-23-25-19(17)14-5-3-9-22-11-14/h1-3,5,7-9,11-12,15,20,24H,4,6,10,13H2,(H,23,25). The van der Waals surface area contributed by atoms with E-state index in [1.807, 2.05) is 41.3 Å². The van der Waals surface area contributed by atoms with E-state index in [9.17, 15) is 4.79 Å². The van der Waals surface area contributed by atoms with Crippen LogP contribution in [0.2, 0.25) is 0 Å². The predicted octanol–water partition coefficient (Wildman–Crippen LogP) is 3.22. The van der Waals surface area contributed by atoms with E-state index < -0.39 is 0 Å². The minimum Gasteiger partial charge on any atom is -0.376 e. The van der Waals surface area contributed by atoms with Crippen LogP contribution < -0.4 is 5.32 Å². The molecule has 3 aromatic rings. The number of fused-ring (bicyclic) bond motifs is 1. The fraction of sp³-hybridized carbons (Fsp3) is 0.286. The molecule has 28 heavy (non-hydrogen) atoms. The highest BCUT2D eigenvalue weighted by molar-refractivity contribution is 6.01. The SMILES string of the molecule is O=C1c2ccccc2NC(c2cn[nH]c2-c2cccnc2)N1CC1CCCO1. The molecule has 2 N–H and O–H groups in total. The molecule has 2 aromatic heterocycles. The number of para-hydroxylation sites is 1. The van der Waals surface area contributed by atoms with Crippen molar-refractivity contribution in [2.45, 2.75) is 25.1 Å². The predicted molar refractivity (Wildman–Crippen MR) is 105 cm³/mol. The van der Waals surface area contributed by atoms with Crippen molar-refractivity contribution >= 4 is 11.6 Å². The van der Waals surface area contributed by atoms with Gasteiger partial charge in [-0.3, -0.25) is 14.9 Å². The van der Waals surface area contributed by atoms with Gasteiger partial charge < -0.3 is 15.0 Å². The summed E-state index contributed by atoms with van der Waals surface area (Å²) >= 11 is 0. The number of rotatable bonds is 4. The van der Waals surface area contributed by atoms with E-state index in [4.69, 9.17) is 4.74 Å². The third-order valence-corrected chi connectivity index (χ3v) is 5.36. The molecule has 7 nitrogen and oxygen atoms in total. The zero-order valence-corrected chi connectivity index (χ0v) is 15.3. The van der Waals surface area contributed by atoms with E-state index >= 15 is 0 Å². The van der Waals surface area contributed by atoms with Crippen molar-refractivity contribution in [2.75, 3.05) is 18.5 Å². The Morgan fingerprint density at radius 1 is 1.18 bits per heavy atom. The van der Waals surface area contributed by atoms with Gasteiger partial charge in [-0.1, -0.05) is 12.1 Å². The summed E-state index contributed by atoms with van der Waals surface area (Å²) in [5, 5.41) is 10.9. The number of nitrogens with zero attached hydrogens (tertiary/aromatic N) is 3. The zero-order valence-electron chi connectivity index (χ0n) is 15.3. The molecule has 0 aliphatic carbocycles. The highest BCUT2D eigenvalue weighted by atomic mass is 16.5. The topological polar surface area (TPSA) is 83.1 Å². The average molecular weight is 375 g/mol. The third kappa shape index (κ3) is 2.93. The molecule has 0 spiro atoms. The van der Waals surface area contributed by atoms with Gasteiger partial charge in [-0.15, -0.1) is 0 Å². The average Bonchev–Trinajstić information content (AvgIpc) is 3.43. The quantitative estimate of drug-likeness (QED) is 0.732. The molecule has 2 aliphatic heterocycles. The summed E-state index contributed by atoms with van der Waals surface area (Å²) in [6, 6.07) is 11.5. The highest BCUT2D eigenvalue weighted by Gasteiger charge is 2.36. The Kier molecular flexibility index (Phi) is 4.29. The van der Waals surface area contributed by atoms with E-state index in [0.29, 0.717) is 12.1 Å². The molecular formula is C21H21N5O2. The van der Waals surface area contributed by atoms with E-state index in [1.165, 1.54) is 0 Å². The van der Waals surface area contributed by atoms with E-state index in [0.717, 1.165) is 42.0 Å². The Hall–Kier alpha value is -3.19. The number of anilines is 1. The van der Waals surface area contributed by atoms with Crippen LogP contribution in [-0.4, -0.2) is 45.2 Å². The molecule has 1 aromatic carbocycles. The number of ether oxygens (including phenoxy) is 1. The molecule has 2 aliphatic rings. The van der Waals surface area contributed by atoms with Crippen LogP contribution in [0.5, 0.6) is 0 Å². The molecule has 5 rings (SSSR count). The summed E-state index contributed by atoms with van der Waals surface area (Å²) in [6.07, 6.45) is 7.05. The summed E-state index contributed by atoms with van der Waals surface area (Å²) in [5.41, 5.74) is 4.21. The first kappa shape index (κ1) is 16.9. The first-order valence-electron chi connectivity index (χ1n) is 9.53. The Balaban J connectivity index is 1.56. The molecule has 1 fully saturated rings. The van der Waals surface area contributed by atoms with Gasteiger partial charge in [0.1, 0.15) is 6.17 Å². The summed E-state index contributed by atoms with van der Waals surface area (Å²) in [5.74, 6) is 0.00758. The van der Waals surface area contributed by atoms with E-state index in [1.54, 1.807) is 18.6 Å². The largest absolute Gasteiger partial charge is 0.376 e. The number of aromatic amines is 1. The normalized spacial score (nSPS) is 21.4. The number of hydrogen-bond donors (Lipinski definition) is 2. The Bertz CT molecular complexity index is 981. The number of nitrogens with one attached hydrogen (secondary N) is 2. The van der Waals surface area contributed by atoms with Crippen molar-refractivity contribution in [2.24, 2.45) is 0 Å². The first-order chi connectivity index (χ1) is 13.8. The van der Waals surface area contributed by atoms with Gasteiger partial charge in [0.2, 0.25) is 0 Å². The smallest absolute Gasteiger partial charge is 0.257 e. The summed E-state index contributed by atoms with van der Waals surface area (Å²) in [4.78, 5) is 19.4. The van der Waals surface area contributed by atoms with E-state index in [-0.39, 0.29) is 18.2 Å². The lowest BCUT2D eigenvalue weighted by Gasteiger charge is -2.39. The lowest BCUT2D eigenvalue weighted by atomic mass is 10.0. The van der Waals surface area contributed by atoms with Crippen LogP contribution in [0.3, 0.4) is 0 Å². The molecule has 7 heteroatoms. The van der Waals surface area contributed by atoms with Crippen LogP contribution in [0, 0.1) is 0 Å². The number of pyridine rings is 1. The molecule has 4 heterocycles. The van der Waals surface area contributed by atoms with Crippen molar-refractivity contribution in [3.05, 3.63) is 66.1 Å². The number of H-pyrrole nitrogens is 1. The molecule has 0 radical (unpaired) electrons. The number of aromatic nitrogens is 3. The van der Waals surface area contributed by atoms with Gasteiger partial charge in [-0.2, -0.15) is 5.10 Å². The van der Waals surface area contributed by atoms with Gasteiger partial charge >= 0.3 is 0 Å². The zero-order chi connectivity index (χ0) is 18.9. The molecule has 142 valence electrons. The van der Waals surface area contributed by atoms with Crippen molar-refractivity contribution in [3.8, 4) is 11.3 Å². The van der Waals surface area contributed by atoms with Crippen molar-refractivity contribution in [1.82, 2.24) is 20.1 Å². The lowest BCUT2D eigenvalue weighted by molar-refractivity contribution is 0.0427. The first-order valence-corrected chi connectivity index (χ1v) is 9.53. The number of benzene rings is 1. The highest BCUT2D eigenvalue weighted by Crippen LogP contribution is 2.37. The van der Waals surface area contributed by atoms with Crippen LogP contribution in [0.25, 0.3) is 11.3 Å². The monoisotopic (exact) mass is 375 g/mol. The molecule has 2 unspecified atom stereocenters. The summed E-state index contributed by atoms with van der Waals surface area (Å²) in [6.45, 7) is 1.30. The molecule has 1 saturated heterocycles. The lowest BCUT2D eigenvalue weighted by Crippen LogP contribution is -2.46. The Labute approximate surface area is 162 Å².